The molecule has 1 aromatic carbocycles. The monoisotopic (exact) mass is 236 g/mol. The molecule has 0 atom stereocenters. The van der Waals surface area contributed by atoms with Gasteiger partial charge >= 0.3 is 0 Å². The molecule has 5 heteroatoms. The summed E-state index contributed by atoms with van der Waals surface area (Å²) in [5.41, 5.74) is 6.62. The molecule has 0 radical (unpaired) electrons. The standard InChI is InChI=1S/C11H12N2O2S/c1-14-9-4-2-3-5-10(9)15-7-8-6-13-16-11(8)12/h2-6H,7,12H2,1H3. The molecule has 16 heavy (non-hydrogen) atoms. The highest BCUT2D eigenvalue weighted by Crippen LogP contribution is 2.27. The van der Waals surface area contributed by atoms with Gasteiger partial charge in [-0.2, -0.15) is 4.37 Å². The van der Waals surface area contributed by atoms with Crippen LogP contribution >= 0.6 is 11.5 Å². The van der Waals surface area contributed by atoms with Crippen LogP contribution in [-0.2, 0) is 6.61 Å². The number of aromatic nitrogens is 1. The first kappa shape index (κ1) is 10.8. The van der Waals surface area contributed by atoms with Crippen LogP contribution in [-0.4, -0.2) is 11.5 Å². The fourth-order valence-electron chi connectivity index (χ4n) is 1.27. The summed E-state index contributed by atoms with van der Waals surface area (Å²) in [7, 11) is 1.61. The minimum atomic E-state index is 0.405. The maximum Gasteiger partial charge on any atom is 0.161 e. The minimum absolute atomic E-state index is 0.405. The lowest BCUT2D eigenvalue weighted by atomic mass is 10.3. The zero-order valence-corrected chi connectivity index (χ0v) is 9.66. The van der Waals surface area contributed by atoms with E-state index < -0.39 is 0 Å². The van der Waals surface area contributed by atoms with Crippen LogP contribution in [0.2, 0.25) is 0 Å². The number of para-hydroxylation sites is 2. The van der Waals surface area contributed by atoms with Gasteiger partial charge in [0.1, 0.15) is 11.6 Å². The van der Waals surface area contributed by atoms with Gasteiger partial charge in [0.25, 0.3) is 0 Å². The Labute approximate surface area is 97.8 Å². The molecule has 0 aliphatic heterocycles. The summed E-state index contributed by atoms with van der Waals surface area (Å²) >= 11 is 1.27. The lowest BCUT2D eigenvalue weighted by Crippen LogP contribution is -1.98. The zero-order chi connectivity index (χ0) is 11.4. The molecule has 0 saturated carbocycles. The molecule has 1 aromatic heterocycles. The quantitative estimate of drug-likeness (QED) is 0.885. The van der Waals surface area contributed by atoms with Crippen LogP contribution in [0.5, 0.6) is 11.5 Å². The van der Waals surface area contributed by atoms with Crippen molar-refractivity contribution in [1.29, 1.82) is 0 Å². The number of ether oxygens (including phenoxy) is 2. The molecule has 0 bridgehead atoms. The second kappa shape index (κ2) is 4.85. The van der Waals surface area contributed by atoms with Crippen LogP contribution in [0, 0.1) is 0 Å². The van der Waals surface area contributed by atoms with Gasteiger partial charge in [0.15, 0.2) is 11.5 Å². The van der Waals surface area contributed by atoms with E-state index in [0.717, 1.165) is 5.56 Å². The van der Waals surface area contributed by atoms with E-state index in [4.69, 9.17) is 15.2 Å². The molecule has 2 N–H and O–H groups in total. The van der Waals surface area contributed by atoms with Gasteiger partial charge in [-0.15, -0.1) is 0 Å². The van der Waals surface area contributed by atoms with E-state index in [1.807, 2.05) is 24.3 Å². The fourth-order valence-corrected chi connectivity index (χ4v) is 1.79. The van der Waals surface area contributed by atoms with Crippen LogP contribution in [0.4, 0.5) is 5.00 Å². The predicted molar refractivity (Wildman–Crippen MR) is 63.9 cm³/mol. The third-order valence-corrected chi connectivity index (χ3v) is 2.80. The lowest BCUT2D eigenvalue weighted by Gasteiger charge is -2.09. The van der Waals surface area contributed by atoms with Gasteiger partial charge in [0.2, 0.25) is 0 Å². The average Bonchev–Trinajstić information content (AvgIpc) is 2.72. The topological polar surface area (TPSA) is 57.4 Å². The Morgan fingerprint density at radius 1 is 1.31 bits per heavy atom. The SMILES string of the molecule is COc1ccccc1OCc1cnsc1N. The van der Waals surface area contributed by atoms with E-state index in [2.05, 4.69) is 4.37 Å². The van der Waals surface area contributed by atoms with Gasteiger partial charge in [-0.3, -0.25) is 0 Å². The van der Waals surface area contributed by atoms with Gasteiger partial charge in [-0.1, -0.05) is 12.1 Å². The molecule has 2 aromatic rings. The van der Waals surface area contributed by atoms with E-state index >= 15 is 0 Å². The van der Waals surface area contributed by atoms with E-state index in [1.54, 1.807) is 13.3 Å². The maximum absolute atomic E-state index is 5.72. The molecule has 0 spiro atoms. The van der Waals surface area contributed by atoms with Crippen molar-refractivity contribution in [3.05, 3.63) is 36.0 Å². The highest BCUT2D eigenvalue weighted by molar-refractivity contribution is 7.10. The molecular formula is C11H12N2O2S. The molecule has 1 heterocycles. The highest BCUT2D eigenvalue weighted by atomic mass is 32.1. The number of hydrogen-bond acceptors (Lipinski definition) is 5. The maximum atomic E-state index is 5.72. The van der Waals surface area contributed by atoms with E-state index in [-0.39, 0.29) is 0 Å². The molecular weight excluding hydrogens is 224 g/mol. The second-order valence-corrected chi connectivity index (χ2v) is 3.99. The Balaban J connectivity index is 2.07. The van der Waals surface area contributed by atoms with E-state index in [0.29, 0.717) is 23.1 Å². The summed E-state index contributed by atoms with van der Waals surface area (Å²) in [6, 6.07) is 7.50. The Morgan fingerprint density at radius 2 is 2.06 bits per heavy atom. The third-order valence-electron chi connectivity index (χ3n) is 2.13. The smallest absolute Gasteiger partial charge is 0.161 e. The molecule has 0 unspecified atom stereocenters. The molecule has 0 amide bonds. The Morgan fingerprint density at radius 3 is 2.69 bits per heavy atom. The molecule has 2 rings (SSSR count). The highest BCUT2D eigenvalue weighted by Gasteiger charge is 2.06. The van der Waals surface area contributed by atoms with Gasteiger partial charge in [-0.05, 0) is 23.7 Å². The zero-order valence-electron chi connectivity index (χ0n) is 8.84. The van der Waals surface area contributed by atoms with Crippen LogP contribution in [0.25, 0.3) is 0 Å². The number of anilines is 1. The van der Waals surface area contributed by atoms with E-state index in [9.17, 15) is 0 Å². The number of benzene rings is 1. The fraction of sp³-hybridized carbons (Fsp3) is 0.182. The molecule has 0 saturated heterocycles. The van der Waals surface area contributed by atoms with Crippen molar-refractivity contribution in [2.45, 2.75) is 6.61 Å². The first-order valence-corrected chi connectivity index (χ1v) is 5.53. The number of rotatable bonds is 4. The number of nitrogens with zero attached hydrogens (tertiary/aromatic N) is 1. The van der Waals surface area contributed by atoms with Crippen molar-refractivity contribution in [2.75, 3.05) is 12.8 Å². The average molecular weight is 236 g/mol. The number of nitrogens with two attached hydrogens (primary N) is 1. The second-order valence-electron chi connectivity index (χ2n) is 3.15. The number of methoxy groups -OCH3 is 1. The number of hydrogen-bond donors (Lipinski definition) is 1. The van der Waals surface area contributed by atoms with Crippen molar-refractivity contribution in [2.24, 2.45) is 0 Å². The summed E-state index contributed by atoms with van der Waals surface area (Å²) in [6.07, 6.45) is 1.72. The molecule has 84 valence electrons. The van der Waals surface area contributed by atoms with Gasteiger partial charge in [-0.25, -0.2) is 0 Å². The normalized spacial score (nSPS) is 10.1. The van der Waals surface area contributed by atoms with Gasteiger partial charge in [0.05, 0.1) is 7.11 Å². The summed E-state index contributed by atoms with van der Waals surface area (Å²) in [5, 5.41) is 0.690. The first-order chi connectivity index (χ1) is 7.81. The van der Waals surface area contributed by atoms with Crippen LogP contribution in [0.3, 0.4) is 0 Å². The largest absolute Gasteiger partial charge is 0.493 e. The van der Waals surface area contributed by atoms with Crippen molar-refractivity contribution in [1.82, 2.24) is 4.37 Å². The first-order valence-electron chi connectivity index (χ1n) is 4.76. The molecule has 0 aliphatic carbocycles. The van der Waals surface area contributed by atoms with Crippen molar-refractivity contribution in [3.8, 4) is 11.5 Å². The third kappa shape index (κ3) is 2.25. The summed E-state index contributed by atoms with van der Waals surface area (Å²) in [5.74, 6) is 1.42. The lowest BCUT2D eigenvalue weighted by molar-refractivity contribution is 0.285. The molecule has 0 aliphatic rings. The Bertz CT molecular complexity index is 471. The van der Waals surface area contributed by atoms with Crippen molar-refractivity contribution >= 4 is 16.5 Å². The van der Waals surface area contributed by atoms with E-state index in [1.165, 1.54) is 11.5 Å². The van der Waals surface area contributed by atoms with Crippen molar-refractivity contribution in [3.63, 3.8) is 0 Å². The van der Waals surface area contributed by atoms with Crippen molar-refractivity contribution < 1.29 is 9.47 Å². The summed E-state index contributed by atoms with van der Waals surface area (Å²) in [4.78, 5) is 0. The van der Waals surface area contributed by atoms with Crippen LogP contribution < -0.4 is 15.2 Å². The molecule has 4 nitrogen and oxygen atoms in total. The van der Waals surface area contributed by atoms with Gasteiger partial charge in [0, 0.05) is 11.8 Å². The predicted octanol–water partition coefficient (Wildman–Crippen LogP) is 2.31. The van der Waals surface area contributed by atoms with Gasteiger partial charge < -0.3 is 15.2 Å². The molecule has 0 fully saturated rings. The summed E-state index contributed by atoms with van der Waals surface area (Å²) < 4.78 is 14.8. The minimum Gasteiger partial charge on any atom is -0.493 e. The Kier molecular flexibility index (Phi) is 3.26. The Hall–Kier alpha value is -1.75. The van der Waals surface area contributed by atoms with Crippen LogP contribution in [0.1, 0.15) is 5.56 Å². The number of nitrogen functional groups attached to an aromatic ring is 1. The van der Waals surface area contributed by atoms with Crippen LogP contribution in [0.15, 0.2) is 30.5 Å². The summed E-state index contributed by atoms with van der Waals surface area (Å²) in [6.45, 7) is 0.405.